The summed E-state index contributed by atoms with van der Waals surface area (Å²) in [4.78, 5) is 2.36. The van der Waals surface area contributed by atoms with E-state index in [4.69, 9.17) is 0 Å². The van der Waals surface area contributed by atoms with E-state index in [0.717, 1.165) is 0 Å². The third-order valence-electron chi connectivity index (χ3n) is 1.33. The molecule has 4 heteroatoms. The van der Waals surface area contributed by atoms with E-state index in [1.165, 1.54) is 25.9 Å². The van der Waals surface area contributed by atoms with Crippen LogP contribution in [0.25, 0.3) is 0 Å². The molecule has 0 saturated carbocycles. The van der Waals surface area contributed by atoms with Crippen molar-refractivity contribution in [3.05, 3.63) is 0 Å². The minimum atomic E-state index is 0. The summed E-state index contributed by atoms with van der Waals surface area (Å²) in [5.41, 5.74) is 0. The van der Waals surface area contributed by atoms with E-state index in [2.05, 4.69) is 11.9 Å². The Morgan fingerprint density at radius 2 is 1.22 bits per heavy atom. The van der Waals surface area contributed by atoms with E-state index in [9.17, 15) is 0 Å². The van der Waals surface area contributed by atoms with Crippen molar-refractivity contribution in [3.63, 3.8) is 0 Å². The van der Waals surface area contributed by atoms with Gasteiger partial charge in [0.1, 0.15) is 0 Å². The molecule has 1 saturated heterocycles. The molecule has 42 valence electrons. The molecule has 0 unspecified atom stereocenters. The van der Waals surface area contributed by atoms with E-state index >= 15 is 0 Å². The standard InChI is InChI=1S/C5H11N.3Na.3H/c1-6-4-2-3-5-6;;;;;;/h2-5H2,1H3;;;;;;. The van der Waals surface area contributed by atoms with Crippen LogP contribution in [0.15, 0.2) is 0 Å². The van der Waals surface area contributed by atoms with E-state index < -0.39 is 0 Å². The van der Waals surface area contributed by atoms with E-state index in [-0.39, 0.29) is 88.7 Å². The quantitative estimate of drug-likeness (QED) is 0.398. The Morgan fingerprint density at radius 3 is 1.33 bits per heavy atom. The molecule has 0 radical (unpaired) electrons. The molecule has 0 spiro atoms. The number of hydrogen-bond donors (Lipinski definition) is 0. The zero-order valence-corrected chi connectivity index (χ0v) is 4.28. The molecule has 0 aromatic rings. The second-order valence-corrected chi connectivity index (χ2v) is 2.01. The Kier molecular flexibility index (Phi) is 21.8. The molecule has 0 bridgehead atoms. The van der Waals surface area contributed by atoms with Gasteiger partial charge in [0.25, 0.3) is 0 Å². The van der Waals surface area contributed by atoms with Crippen LogP contribution in [0, 0.1) is 0 Å². The number of rotatable bonds is 0. The molecule has 9 heavy (non-hydrogen) atoms. The molecule has 0 aromatic heterocycles. The second kappa shape index (κ2) is 11.0. The van der Waals surface area contributed by atoms with E-state index in [1.807, 2.05) is 0 Å². The Balaban J connectivity index is -0.000000120. The fourth-order valence-corrected chi connectivity index (χ4v) is 0.875. The maximum atomic E-state index is 2.36. The maximum absolute atomic E-state index is 2.36. The normalized spacial score (nSPS) is 17.0. The van der Waals surface area contributed by atoms with Crippen LogP contribution in [0.2, 0.25) is 0 Å². The fourth-order valence-electron chi connectivity index (χ4n) is 0.875. The van der Waals surface area contributed by atoms with Crippen molar-refractivity contribution < 1.29 is 0 Å². The molecule has 0 atom stereocenters. The van der Waals surface area contributed by atoms with Gasteiger partial charge in [-0.05, 0) is 33.0 Å². The number of nitrogens with zero attached hydrogens (tertiary/aromatic N) is 1. The average molecular weight is 157 g/mol. The summed E-state index contributed by atoms with van der Waals surface area (Å²) in [7, 11) is 2.17. The van der Waals surface area contributed by atoms with Crippen LogP contribution in [0.3, 0.4) is 0 Å². The average Bonchev–Trinajstić information content (AvgIpc) is 1.86. The van der Waals surface area contributed by atoms with Crippen molar-refractivity contribution in [2.75, 3.05) is 20.1 Å². The Morgan fingerprint density at radius 1 is 0.889 bits per heavy atom. The first-order valence-electron chi connectivity index (χ1n) is 2.58. The van der Waals surface area contributed by atoms with Crippen molar-refractivity contribution >= 4 is 88.7 Å². The van der Waals surface area contributed by atoms with Gasteiger partial charge in [0.2, 0.25) is 0 Å². The predicted molar refractivity (Wildman–Crippen MR) is 48.2 cm³/mol. The molecule has 0 aliphatic carbocycles. The van der Waals surface area contributed by atoms with Gasteiger partial charge in [-0.2, -0.15) is 0 Å². The summed E-state index contributed by atoms with van der Waals surface area (Å²) in [6.45, 7) is 2.64. The van der Waals surface area contributed by atoms with Crippen LogP contribution in [0.5, 0.6) is 0 Å². The van der Waals surface area contributed by atoms with Gasteiger partial charge in [-0.3, -0.25) is 0 Å². The van der Waals surface area contributed by atoms with Crippen molar-refractivity contribution in [2.24, 2.45) is 0 Å². The number of likely N-dealkylation sites (tertiary alicyclic amines) is 1. The van der Waals surface area contributed by atoms with Crippen molar-refractivity contribution in [2.45, 2.75) is 12.8 Å². The first-order chi connectivity index (χ1) is 2.89. The Hall–Kier alpha value is 2.96. The second-order valence-electron chi connectivity index (χ2n) is 2.01. The van der Waals surface area contributed by atoms with Crippen LogP contribution in [0.4, 0.5) is 0 Å². The molecular weight excluding hydrogens is 143 g/mol. The predicted octanol–water partition coefficient (Wildman–Crippen LogP) is -1.23. The van der Waals surface area contributed by atoms with Gasteiger partial charge in [0.05, 0.1) is 0 Å². The van der Waals surface area contributed by atoms with Crippen molar-refractivity contribution in [1.29, 1.82) is 0 Å². The van der Waals surface area contributed by atoms with E-state index in [0.29, 0.717) is 0 Å². The summed E-state index contributed by atoms with van der Waals surface area (Å²) in [6.07, 6.45) is 2.83. The van der Waals surface area contributed by atoms with Gasteiger partial charge in [0, 0.05) is 0 Å². The molecule has 1 aliphatic rings. The van der Waals surface area contributed by atoms with Crippen molar-refractivity contribution in [1.82, 2.24) is 4.90 Å². The van der Waals surface area contributed by atoms with E-state index in [1.54, 1.807) is 0 Å². The summed E-state index contributed by atoms with van der Waals surface area (Å²) < 4.78 is 0. The molecule has 1 nitrogen and oxygen atoms in total. The van der Waals surface area contributed by atoms with Gasteiger partial charge in [-0.1, -0.05) is 0 Å². The van der Waals surface area contributed by atoms with Gasteiger partial charge in [-0.25, -0.2) is 0 Å². The fraction of sp³-hybridized carbons (Fsp3) is 1.00. The van der Waals surface area contributed by atoms with Crippen LogP contribution < -0.4 is 0 Å². The Labute approximate surface area is 124 Å². The summed E-state index contributed by atoms with van der Waals surface area (Å²) in [5, 5.41) is 0. The molecular formula is C5H14NNa3. The first kappa shape index (κ1) is 17.9. The zero-order chi connectivity index (χ0) is 4.41. The minimum absolute atomic E-state index is 0. The molecule has 1 heterocycles. The molecule has 1 rings (SSSR count). The molecule has 0 N–H and O–H groups in total. The molecule has 1 aliphatic heterocycles. The third-order valence-corrected chi connectivity index (χ3v) is 1.33. The van der Waals surface area contributed by atoms with Crippen LogP contribution >= 0.6 is 0 Å². The van der Waals surface area contributed by atoms with Crippen LogP contribution in [-0.4, -0.2) is 114 Å². The van der Waals surface area contributed by atoms with Gasteiger partial charge in [-0.15, -0.1) is 0 Å². The van der Waals surface area contributed by atoms with Crippen molar-refractivity contribution in [3.8, 4) is 0 Å². The molecule has 1 fully saturated rings. The Bertz CT molecular complexity index is 45.5. The van der Waals surface area contributed by atoms with Gasteiger partial charge < -0.3 is 4.90 Å². The summed E-state index contributed by atoms with van der Waals surface area (Å²) >= 11 is 0. The monoisotopic (exact) mass is 157 g/mol. The summed E-state index contributed by atoms with van der Waals surface area (Å²) in [6, 6.07) is 0. The zero-order valence-electron chi connectivity index (χ0n) is 4.28. The van der Waals surface area contributed by atoms with Gasteiger partial charge in [0.15, 0.2) is 0 Å². The third kappa shape index (κ3) is 8.87. The topological polar surface area (TPSA) is 3.24 Å². The summed E-state index contributed by atoms with van der Waals surface area (Å²) in [5.74, 6) is 0. The first-order valence-corrected chi connectivity index (χ1v) is 2.58. The van der Waals surface area contributed by atoms with Crippen LogP contribution in [-0.2, 0) is 0 Å². The SMILES string of the molecule is CN1CCCC1.[NaH].[NaH].[NaH]. The molecule has 0 amide bonds. The molecule has 0 aromatic carbocycles. The number of hydrogen-bond acceptors (Lipinski definition) is 1. The van der Waals surface area contributed by atoms with Gasteiger partial charge >= 0.3 is 88.7 Å². The van der Waals surface area contributed by atoms with Crippen LogP contribution in [0.1, 0.15) is 12.8 Å².